The second-order valence-electron chi connectivity index (χ2n) is 9.50. The van der Waals surface area contributed by atoms with Crippen LogP contribution in [0.3, 0.4) is 0 Å². The van der Waals surface area contributed by atoms with E-state index in [1.807, 2.05) is 42.5 Å². The maximum Gasteiger partial charge on any atom is 0.234 e. The minimum Gasteiger partial charge on any atom is -0.325 e. The van der Waals surface area contributed by atoms with Crippen LogP contribution in [0.1, 0.15) is 55.2 Å². The summed E-state index contributed by atoms with van der Waals surface area (Å²) in [6.45, 7) is 1.68. The first-order valence-corrected chi connectivity index (χ1v) is 13.7. The number of aromatic nitrogens is 6. The lowest BCUT2D eigenvalue weighted by Crippen LogP contribution is -2.15. The zero-order chi connectivity index (χ0) is 24.3. The van der Waals surface area contributed by atoms with Crippen LogP contribution >= 0.6 is 11.8 Å². The number of hydrogen-bond donors (Lipinski definition) is 1. The van der Waals surface area contributed by atoms with E-state index in [1.54, 1.807) is 0 Å². The van der Waals surface area contributed by atoms with Gasteiger partial charge in [-0.15, -0.1) is 20.4 Å². The summed E-state index contributed by atoms with van der Waals surface area (Å²) >= 11 is 1.43. The van der Waals surface area contributed by atoms with Crippen LogP contribution in [0, 0.1) is 0 Å². The Morgan fingerprint density at radius 1 is 0.944 bits per heavy atom. The molecular weight excluding hydrogens is 470 g/mol. The number of nitrogens with one attached hydrogen (secondary N) is 1. The van der Waals surface area contributed by atoms with E-state index in [2.05, 4.69) is 47.0 Å². The average Bonchev–Trinajstić information content (AvgIpc) is 3.62. The molecule has 9 heteroatoms. The molecule has 0 atom stereocenters. The molecule has 1 N–H and O–H groups in total. The Morgan fingerprint density at radius 2 is 1.78 bits per heavy atom. The van der Waals surface area contributed by atoms with Crippen LogP contribution in [-0.4, -0.2) is 41.2 Å². The molecule has 2 aromatic heterocycles. The monoisotopic (exact) mass is 499 g/mol. The Bertz CT molecular complexity index is 1340. The largest absolute Gasteiger partial charge is 0.325 e. The van der Waals surface area contributed by atoms with E-state index in [9.17, 15) is 4.79 Å². The van der Waals surface area contributed by atoms with Crippen molar-refractivity contribution in [2.45, 2.75) is 62.7 Å². The molecule has 1 saturated carbocycles. The maximum atomic E-state index is 12.7. The second-order valence-corrected chi connectivity index (χ2v) is 10.4. The Hall–Kier alpha value is -3.46. The first-order valence-electron chi connectivity index (χ1n) is 12.7. The van der Waals surface area contributed by atoms with Crippen molar-refractivity contribution in [3.63, 3.8) is 0 Å². The molecule has 0 bridgehead atoms. The van der Waals surface area contributed by atoms with Crippen molar-refractivity contribution < 1.29 is 4.79 Å². The van der Waals surface area contributed by atoms with Gasteiger partial charge < -0.3 is 14.5 Å². The van der Waals surface area contributed by atoms with E-state index >= 15 is 0 Å². The van der Waals surface area contributed by atoms with Crippen LogP contribution in [-0.2, 0) is 24.3 Å². The SMILES string of the molecule is O=C(CSc1nnc(C2CC2)n1Cc1ccccc1)Nc1ccc(-c2nnc3n2CCCCC3)cc1. The van der Waals surface area contributed by atoms with Crippen LogP contribution in [0.15, 0.2) is 59.8 Å². The van der Waals surface area contributed by atoms with Gasteiger partial charge in [-0.3, -0.25) is 4.79 Å². The molecule has 3 heterocycles. The molecule has 0 unspecified atom stereocenters. The normalized spacial score (nSPS) is 15.3. The molecule has 1 aliphatic carbocycles. The number of benzene rings is 2. The molecule has 36 heavy (non-hydrogen) atoms. The van der Waals surface area contributed by atoms with Gasteiger partial charge in [-0.25, -0.2) is 0 Å². The van der Waals surface area contributed by atoms with Crippen molar-refractivity contribution in [3.05, 3.63) is 71.8 Å². The van der Waals surface area contributed by atoms with Gasteiger partial charge in [0.1, 0.15) is 11.6 Å². The van der Waals surface area contributed by atoms with E-state index in [1.165, 1.54) is 30.2 Å². The summed E-state index contributed by atoms with van der Waals surface area (Å²) in [5, 5.41) is 21.5. The van der Waals surface area contributed by atoms with Gasteiger partial charge in [0.15, 0.2) is 11.0 Å². The number of anilines is 1. The lowest BCUT2D eigenvalue weighted by Gasteiger charge is -2.10. The molecule has 1 amide bonds. The number of hydrogen-bond acceptors (Lipinski definition) is 6. The van der Waals surface area contributed by atoms with Crippen molar-refractivity contribution in [2.75, 3.05) is 11.1 Å². The Morgan fingerprint density at radius 3 is 2.58 bits per heavy atom. The summed E-state index contributed by atoms with van der Waals surface area (Å²) in [6.07, 6.45) is 6.87. The summed E-state index contributed by atoms with van der Waals surface area (Å²) in [7, 11) is 0. The zero-order valence-electron chi connectivity index (χ0n) is 20.1. The van der Waals surface area contributed by atoms with Crippen LogP contribution in [0.25, 0.3) is 11.4 Å². The van der Waals surface area contributed by atoms with Gasteiger partial charge in [0.2, 0.25) is 5.91 Å². The summed E-state index contributed by atoms with van der Waals surface area (Å²) in [6, 6.07) is 18.2. The number of carbonyl (C=O) groups is 1. The second kappa shape index (κ2) is 10.3. The predicted octanol–water partition coefficient (Wildman–Crippen LogP) is 4.92. The molecule has 184 valence electrons. The molecule has 0 saturated heterocycles. The summed E-state index contributed by atoms with van der Waals surface area (Å²) < 4.78 is 4.40. The van der Waals surface area contributed by atoms with E-state index < -0.39 is 0 Å². The molecule has 0 spiro atoms. The summed E-state index contributed by atoms with van der Waals surface area (Å²) in [5.41, 5.74) is 2.99. The minimum atomic E-state index is -0.0636. The molecule has 8 nitrogen and oxygen atoms in total. The average molecular weight is 500 g/mol. The van der Waals surface area contributed by atoms with Crippen LogP contribution in [0.4, 0.5) is 5.69 Å². The molecule has 1 aliphatic heterocycles. The molecule has 1 fully saturated rings. The first kappa shape index (κ1) is 23.0. The van der Waals surface area contributed by atoms with E-state index in [0.29, 0.717) is 5.92 Å². The van der Waals surface area contributed by atoms with E-state index in [4.69, 9.17) is 0 Å². The minimum absolute atomic E-state index is 0.0636. The van der Waals surface area contributed by atoms with Gasteiger partial charge in [0.05, 0.1) is 12.3 Å². The quantitative estimate of drug-likeness (QED) is 0.346. The fourth-order valence-electron chi connectivity index (χ4n) is 4.69. The Labute approximate surface area is 214 Å². The van der Waals surface area contributed by atoms with Crippen LogP contribution in [0.2, 0.25) is 0 Å². The highest BCUT2D eigenvalue weighted by Crippen LogP contribution is 2.40. The topological polar surface area (TPSA) is 90.5 Å². The lowest BCUT2D eigenvalue weighted by molar-refractivity contribution is -0.113. The molecular formula is C27H29N7OS. The Kier molecular flexibility index (Phi) is 6.55. The smallest absolute Gasteiger partial charge is 0.234 e. The molecule has 2 aromatic carbocycles. The lowest BCUT2D eigenvalue weighted by atomic mass is 10.2. The number of carbonyl (C=O) groups excluding carboxylic acids is 1. The van der Waals surface area contributed by atoms with Crippen molar-refractivity contribution in [1.29, 1.82) is 0 Å². The fraction of sp³-hybridized carbons (Fsp3) is 0.370. The fourth-order valence-corrected chi connectivity index (χ4v) is 5.44. The highest BCUT2D eigenvalue weighted by atomic mass is 32.2. The molecule has 0 radical (unpaired) electrons. The van der Waals surface area contributed by atoms with Gasteiger partial charge in [0.25, 0.3) is 0 Å². The third kappa shape index (κ3) is 5.06. The van der Waals surface area contributed by atoms with Crippen molar-refractivity contribution >= 4 is 23.4 Å². The zero-order valence-corrected chi connectivity index (χ0v) is 21.0. The third-order valence-electron chi connectivity index (χ3n) is 6.74. The van der Waals surface area contributed by atoms with E-state index in [-0.39, 0.29) is 11.7 Å². The van der Waals surface area contributed by atoms with Gasteiger partial charge in [0, 0.05) is 30.1 Å². The highest BCUT2D eigenvalue weighted by Gasteiger charge is 2.30. The molecule has 2 aliphatic rings. The number of fused-ring (bicyclic) bond motifs is 1. The number of amides is 1. The summed E-state index contributed by atoms with van der Waals surface area (Å²) in [4.78, 5) is 12.7. The van der Waals surface area contributed by atoms with E-state index in [0.717, 1.165) is 72.7 Å². The third-order valence-corrected chi connectivity index (χ3v) is 7.71. The van der Waals surface area contributed by atoms with Gasteiger partial charge in [-0.1, -0.05) is 48.5 Å². The van der Waals surface area contributed by atoms with Crippen molar-refractivity contribution in [2.24, 2.45) is 0 Å². The predicted molar refractivity (Wildman–Crippen MR) is 140 cm³/mol. The highest BCUT2D eigenvalue weighted by molar-refractivity contribution is 7.99. The van der Waals surface area contributed by atoms with Crippen molar-refractivity contribution in [1.82, 2.24) is 29.5 Å². The standard InChI is InChI=1S/C27H29N7OS/c35-24(18-36-27-32-31-26(20-10-11-20)34(27)17-19-7-3-1-4-8-19)28-22-14-12-21(13-15-22)25-30-29-23-9-5-2-6-16-33(23)25/h1,3-4,7-8,12-15,20H,2,5-6,9-11,16-18H2,(H,28,35). The van der Waals surface area contributed by atoms with Gasteiger partial charge in [-0.2, -0.15) is 0 Å². The number of nitrogens with zero attached hydrogens (tertiary/aromatic N) is 6. The van der Waals surface area contributed by atoms with Gasteiger partial charge in [-0.05, 0) is 55.5 Å². The molecule has 6 rings (SSSR count). The number of aryl methyl sites for hydroxylation is 1. The number of thioether (sulfide) groups is 1. The van der Waals surface area contributed by atoms with Crippen LogP contribution < -0.4 is 5.32 Å². The van der Waals surface area contributed by atoms with Crippen LogP contribution in [0.5, 0.6) is 0 Å². The van der Waals surface area contributed by atoms with Crippen molar-refractivity contribution in [3.8, 4) is 11.4 Å². The first-order chi connectivity index (χ1) is 17.7. The summed E-state index contributed by atoms with van der Waals surface area (Å²) in [5.74, 6) is 3.71. The number of rotatable bonds is 8. The molecule has 4 aromatic rings. The Balaban J connectivity index is 1.10. The maximum absolute atomic E-state index is 12.7. The van der Waals surface area contributed by atoms with Gasteiger partial charge >= 0.3 is 0 Å².